The second-order valence-corrected chi connectivity index (χ2v) is 9.35. The molecule has 2 N–H and O–H groups in total. The van der Waals surface area contributed by atoms with Crippen molar-refractivity contribution in [3.8, 4) is 11.4 Å². The van der Waals surface area contributed by atoms with E-state index in [9.17, 15) is 14.7 Å². The lowest BCUT2D eigenvalue weighted by Crippen LogP contribution is -2.38. The summed E-state index contributed by atoms with van der Waals surface area (Å²) < 4.78 is 3.18. The van der Waals surface area contributed by atoms with Crippen LogP contribution in [0.4, 0.5) is 0 Å². The Morgan fingerprint density at radius 1 is 1.06 bits per heavy atom. The van der Waals surface area contributed by atoms with Crippen molar-refractivity contribution >= 4 is 33.4 Å². The lowest BCUT2D eigenvalue weighted by molar-refractivity contribution is -0.142. The normalized spacial score (nSPS) is 18.3. The number of carbonyl (C=O) groups excluding carboxylic acids is 1. The minimum Gasteiger partial charge on any atom is -0.481 e. The van der Waals surface area contributed by atoms with E-state index in [4.69, 9.17) is 0 Å². The highest BCUT2D eigenvalue weighted by molar-refractivity contribution is 7.17. The summed E-state index contributed by atoms with van der Waals surface area (Å²) in [6, 6.07) is 12.0. The molecule has 0 radical (unpaired) electrons. The average molecular weight is 461 g/mol. The molecule has 168 valence electrons. The zero-order valence-electron chi connectivity index (χ0n) is 18.0. The number of carboxylic acids is 1. The van der Waals surface area contributed by atoms with Gasteiger partial charge in [-0.05, 0) is 43.4 Å². The van der Waals surface area contributed by atoms with Crippen molar-refractivity contribution in [1.82, 2.24) is 19.9 Å². The van der Waals surface area contributed by atoms with Gasteiger partial charge in [-0.3, -0.25) is 9.59 Å². The van der Waals surface area contributed by atoms with Crippen LogP contribution in [0.5, 0.6) is 0 Å². The van der Waals surface area contributed by atoms with Gasteiger partial charge >= 0.3 is 5.97 Å². The molecule has 1 amide bonds. The molecule has 1 saturated carbocycles. The number of fused-ring (bicyclic) bond motifs is 1. The van der Waals surface area contributed by atoms with E-state index in [0.717, 1.165) is 21.3 Å². The van der Waals surface area contributed by atoms with Crippen LogP contribution < -0.4 is 5.32 Å². The van der Waals surface area contributed by atoms with E-state index in [1.807, 2.05) is 29.8 Å². The Bertz CT molecular complexity index is 1270. The maximum atomic E-state index is 13.1. The zero-order chi connectivity index (χ0) is 22.8. The first-order valence-electron chi connectivity index (χ1n) is 11.0. The van der Waals surface area contributed by atoms with Crippen molar-refractivity contribution in [2.75, 3.05) is 0 Å². The molecule has 4 aromatic rings. The average Bonchev–Trinajstić information content (AvgIpc) is 3.44. The van der Waals surface area contributed by atoms with Crippen LogP contribution in [0.25, 0.3) is 21.6 Å². The highest BCUT2D eigenvalue weighted by Crippen LogP contribution is 2.29. The van der Waals surface area contributed by atoms with Gasteiger partial charge in [-0.25, -0.2) is 9.97 Å². The van der Waals surface area contributed by atoms with Gasteiger partial charge in [-0.1, -0.05) is 24.3 Å². The SMILES string of the molecule is O=C(NC1CCC(C(=O)O)CC1)c1csc2ccn(Cc3ccc(-c4ncccn4)cc3)c12. The van der Waals surface area contributed by atoms with Gasteiger partial charge in [-0.2, -0.15) is 0 Å². The van der Waals surface area contributed by atoms with Crippen LogP contribution >= 0.6 is 11.3 Å². The summed E-state index contributed by atoms with van der Waals surface area (Å²) in [5.41, 5.74) is 3.70. The third-order valence-corrected chi connectivity index (χ3v) is 7.21. The highest BCUT2D eigenvalue weighted by Gasteiger charge is 2.27. The molecule has 8 heteroatoms. The van der Waals surface area contributed by atoms with Crippen molar-refractivity contribution in [3.05, 3.63) is 71.5 Å². The van der Waals surface area contributed by atoms with Crippen LogP contribution in [0.1, 0.15) is 41.6 Å². The molecule has 0 unspecified atom stereocenters. The summed E-state index contributed by atoms with van der Waals surface area (Å²) >= 11 is 1.56. The number of hydrogen-bond donors (Lipinski definition) is 2. The minimum atomic E-state index is -0.735. The predicted octanol–water partition coefficient (Wildman–Crippen LogP) is 4.58. The Morgan fingerprint density at radius 2 is 1.79 bits per heavy atom. The summed E-state index contributed by atoms with van der Waals surface area (Å²) in [7, 11) is 0. The lowest BCUT2D eigenvalue weighted by Gasteiger charge is -2.26. The maximum absolute atomic E-state index is 13.1. The number of carboxylic acid groups (broad SMARTS) is 1. The molecular weight excluding hydrogens is 436 g/mol. The second kappa shape index (κ2) is 9.15. The van der Waals surface area contributed by atoms with Crippen molar-refractivity contribution in [3.63, 3.8) is 0 Å². The maximum Gasteiger partial charge on any atom is 0.306 e. The zero-order valence-corrected chi connectivity index (χ0v) is 18.8. The summed E-state index contributed by atoms with van der Waals surface area (Å²) in [6.45, 7) is 0.653. The van der Waals surface area contributed by atoms with Gasteiger partial charge < -0.3 is 15.0 Å². The van der Waals surface area contributed by atoms with Crippen molar-refractivity contribution in [1.29, 1.82) is 0 Å². The topological polar surface area (TPSA) is 97.1 Å². The molecule has 5 rings (SSSR count). The minimum absolute atomic E-state index is 0.0270. The van der Waals surface area contributed by atoms with E-state index in [1.165, 1.54) is 0 Å². The van der Waals surface area contributed by atoms with Gasteiger partial charge in [0.05, 0.1) is 21.7 Å². The van der Waals surface area contributed by atoms with Gasteiger partial charge in [0, 0.05) is 42.1 Å². The molecule has 3 aromatic heterocycles. The second-order valence-electron chi connectivity index (χ2n) is 8.44. The summed E-state index contributed by atoms with van der Waals surface area (Å²) in [4.78, 5) is 32.8. The lowest BCUT2D eigenvalue weighted by atomic mass is 9.86. The molecule has 1 aliphatic rings. The standard InChI is InChI=1S/C25H24N4O3S/c30-24(28-19-8-6-18(7-9-19)25(31)32)20-15-33-21-10-13-29(22(20)21)14-16-2-4-17(5-3-16)23-26-11-1-12-27-23/h1-5,10-13,15,18-19H,6-9,14H2,(H,28,30)(H,31,32). The molecule has 0 atom stereocenters. The van der Waals surface area contributed by atoms with Crippen LogP contribution in [0, 0.1) is 5.92 Å². The van der Waals surface area contributed by atoms with E-state index < -0.39 is 5.97 Å². The summed E-state index contributed by atoms with van der Waals surface area (Å²) in [5.74, 6) is -0.414. The number of nitrogens with zero attached hydrogens (tertiary/aromatic N) is 3. The third kappa shape index (κ3) is 4.52. The molecule has 1 aliphatic carbocycles. The Kier molecular flexibility index (Phi) is 5.92. The molecule has 7 nitrogen and oxygen atoms in total. The van der Waals surface area contributed by atoms with Crippen LogP contribution in [-0.2, 0) is 11.3 Å². The molecule has 1 fully saturated rings. The molecule has 3 heterocycles. The molecule has 33 heavy (non-hydrogen) atoms. The van der Waals surface area contributed by atoms with Gasteiger partial charge in [0.25, 0.3) is 5.91 Å². The monoisotopic (exact) mass is 460 g/mol. The van der Waals surface area contributed by atoms with Crippen LogP contribution in [0.2, 0.25) is 0 Å². The summed E-state index contributed by atoms with van der Waals surface area (Å²) in [5, 5.41) is 14.2. The van der Waals surface area contributed by atoms with Crippen molar-refractivity contribution in [2.45, 2.75) is 38.3 Å². The summed E-state index contributed by atoms with van der Waals surface area (Å²) in [6.07, 6.45) is 8.11. The van der Waals surface area contributed by atoms with E-state index in [-0.39, 0.29) is 17.9 Å². The fourth-order valence-corrected chi connectivity index (χ4v) is 5.40. The number of carbonyl (C=O) groups is 2. The largest absolute Gasteiger partial charge is 0.481 e. The quantitative estimate of drug-likeness (QED) is 0.439. The Labute approximate surface area is 195 Å². The third-order valence-electron chi connectivity index (χ3n) is 6.27. The van der Waals surface area contributed by atoms with E-state index in [2.05, 4.69) is 32.0 Å². The number of hydrogen-bond acceptors (Lipinski definition) is 5. The van der Waals surface area contributed by atoms with Crippen molar-refractivity contribution < 1.29 is 14.7 Å². The van der Waals surface area contributed by atoms with E-state index in [0.29, 0.717) is 43.6 Å². The molecule has 0 aliphatic heterocycles. The predicted molar refractivity (Wildman–Crippen MR) is 127 cm³/mol. The number of amides is 1. The highest BCUT2D eigenvalue weighted by atomic mass is 32.1. The Hall–Kier alpha value is -3.52. The van der Waals surface area contributed by atoms with Crippen molar-refractivity contribution in [2.24, 2.45) is 5.92 Å². The number of aromatic nitrogens is 3. The molecule has 0 spiro atoms. The number of nitrogens with one attached hydrogen (secondary N) is 1. The van der Waals surface area contributed by atoms with Crippen LogP contribution in [0.15, 0.2) is 60.4 Å². The fourth-order valence-electron chi connectivity index (χ4n) is 4.46. The first-order valence-corrected chi connectivity index (χ1v) is 11.9. The number of rotatable bonds is 6. The molecule has 1 aromatic carbocycles. The van der Waals surface area contributed by atoms with E-state index in [1.54, 1.807) is 29.8 Å². The van der Waals surface area contributed by atoms with Gasteiger partial charge in [0.2, 0.25) is 0 Å². The Balaban J connectivity index is 1.30. The smallest absolute Gasteiger partial charge is 0.306 e. The fraction of sp³-hybridized carbons (Fsp3) is 0.280. The molecular formula is C25H24N4O3S. The molecule has 0 bridgehead atoms. The number of thiophene rings is 1. The van der Waals surface area contributed by atoms with Crippen LogP contribution in [0.3, 0.4) is 0 Å². The first-order chi connectivity index (χ1) is 16.1. The Morgan fingerprint density at radius 3 is 2.48 bits per heavy atom. The number of benzene rings is 1. The van der Waals surface area contributed by atoms with Crippen LogP contribution in [-0.4, -0.2) is 37.6 Å². The van der Waals surface area contributed by atoms with E-state index >= 15 is 0 Å². The van der Waals surface area contributed by atoms with Gasteiger partial charge in [0.15, 0.2) is 5.82 Å². The first kappa shape index (κ1) is 21.3. The van der Waals surface area contributed by atoms with Gasteiger partial charge in [-0.15, -0.1) is 11.3 Å². The van der Waals surface area contributed by atoms with Gasteiger partial charge in [0.1, 0.15) is 0 Å². The molecule has 0 saturated heterocycles. The number of aliphatic carboxylic acids is 1.